The third-order valence-electron chi connectivity index (χ3n) is 3.64. The summed E-state index contributed by atoms with van der Waals surface area (Å²) in [4.78, 5) is 4.41. The van der Waals surface area contributed by atoms with Gasteiger partial charge < -0.3 is 5.32 Å². The smallest absolute Gasteiger partial charge is 0.205 e. The minimum atomic E-state index is -0.205. The Hall–Kier alpha value is -1.62. The van der Waals surface area contributed by atoms with Crippen LogP contribution in [0.15, 0.2) is 29.3 Å². The van der Waals surface area contributed by atoms with Gasteiger partial charge in [-0.2, -0.15) is 0 Å². The summed E-state index contributed by atoms with van der Waals surface area (Å²) in [6, 6.07) is 7.08. The molecule has 110 valence electrons. The van der Waals surface area contributed by atoms with Crippen LogP contribution < -0.4 is 16.6 Å². The SMILES string of the molecule is NNC(=NCCc1cccc(F)c1)NC1CCCCC1. The first-order valence-electron chi connectivity index (χ1n) is 7.30. The Morgan fingerprint density at radius 1 is 1.30 bits per heavy atom. The second-order valence-electron chi connectivity index (χ2n) is 5.23. The zero-order valence-electron chi connectivity index (χ0n) is 11.7. The number of rotatable bonds is 4. The lowest BCUT2D eigenvalue weighted by Crippen LogP contribution is -2.47. The van der Waals surface area contributed by atoms with Crippen molar-refractivity contribution in [2.75, 3.05) is 6.54 Å². The van der Waals surface area contributed by atoms with Gasteiger partial charge in [-0.05, 0) is 37.0 Å². The molecule has 2 rings (SSSR count). The van der Waals surface area contributed by atoms with E-state index in [1.165, 1.54) is 38.2 Å². The number of hydrazine groups is 1. The minimum Gasteiger partial charge on any atom is -0.353 e. The number of nitrogens with two attached hydrogens (primary N) is 1. The Balaban J connectivity index is 1.81. The van der Waals surface area contributed by atoms with Crippen LogP contribution in [0, 0.1) is 5.82 Å². The van der Waals surface area contributed by atoms with E-state index in [0.717, 1.165) is 5.56 Å². The van der Waals surface area contributed by atoms with Crippen molar-refractivity contribution in [2.24, 2.45) is 10.8 Å². The highest BCUT2D eigenvalue weighted by atomic mass is 19.1. The number of nitrogens with one attached hydrogen (secondary N) is 2. The number of guanidine groups is 1. The normalized spacial score (nSPS) is 17.0. The van der Waals surface area contributed by atoms with Crippen molar-refractivity contribution < 1.29 is 4.39 Å². The van der Waals surface area contributed by atoms with Gasteiger partial charge in [-0.1, -0.05) is 31.4 Å². The molecule has 4 N–H and O–H groups in total. The molecule has 4 nitrogen and oxygen atoms in total. The molecule has 0 aromatic heterocycles. The van der Waals surface area contributed by atoms with Crippen molar-refractivity contribution in [1.29, 1.82) is 0 Å². The molecule has 1 aliphatic carbocycles. The van der Waals surface area contributed by atoms with Gasteiger partial charge in [-0.25, -0.2) is 10.2 Å². The van der Waals surface area contributed by atoms with Crippen molar-refractivity contribution in [3.63, 3.8) is 0 Å². The molecule has 0 atom stereocenters. The van der Waals surface area contributed by atoms with Gasteiger partial charge in [0.05, 0.1) is 0 Å². The second kappa shape index (κ2) is 7.85. The molecule has 0 aliphatic heterocycles. The number of aliphatic imine (C=N–C) groups is 1. The molecule has 1 fully saturated rings. The van der Waals surface area contributed by atoms with Crippen LogP contribution in [0.5, 0.6) is 0 Å². The van der Waals surface area contributed by atoms with E-state index in [1.54, 1.807) is 12.1 Å². The van der Waals surface area contributed by atoms with Gasteiger partial charge in [0.2, 0.25) is 5.96 Å². The van der Waals surface area contributed by atoms with Gasteiger partial charge in [-0.15, -0.1) is 0 Å². The fraction of sp³-hybridized carbons (Fsp3) is 0.533. The third kappa shape index (κ3) is 4.81. The van der Waals surface area contributed by atoms with E-state index >= 15 is 0 Å². The largest absolute Gasteiger partial charge is 0.353 e. The number of hydrogen-bond acceptors (Lipinski definition) is 2. The predicted octanol–water partition coefficient (Wildman–Crippen LogP) is 2.11. The number of halogens is 1. The van der Waals surface area contributed by atoms with Crippen LogP contribution in [0.25, 0.3) is 0 Å². The Morgan fingerprint density at radius 3 is 2.80 bits per heavy atom. The maximum atomic E-state index is 13.0. The van der Waals surface area contributed by atoms with Crippen molar-refractivity contribution in [3.05, 3.63) is 35.6 Å². The molecule has 0 heterocycles. The minimum absolute atomic E-state index is 0.205. The Kier molecular flexibility index (Phi) is 5.80. The lowest BCUT2D eigenvalue weighted by Gasteiger charge is -2.24. The van der Waals surface area contributed by atoms with Gasteiger partial charge in [0.1, 0.15) is 5.82 Å². The molecule has 0 saturated heterocycles. The molecule has 0 amide bonds. The third-order valence-corrected chi connectivity index (χ3v) is 3.64. The standard InChI is InChI=1S/C15H23FN4/c16-13-6-4-5-12(11-13)9-10-18-15(20-17)19-14-7-2-1-3-8-14/h4-6,11,14H,1-3,7-10,17H2,(H2,18,19,20). The van der Waals surface area contributed by atoms with E-state index in [9.17, 15) is 4.39 Å². The predicted molar refractivity (Wildman–Crippen MR) is 79.7 cm³/mol. The fourth-order valence-corrected chi connectivity index (χ4v) is 2.56. The van der Waals surface area contributed by atoms with Gasteiger partial charge in [0.15, 0.2) is 0 Å². The van der Waals surface area contributed by atoms with Crippen molar-refractivity contribution in [1.82, 2.24) is 10.7 Å². The lowest BCUT2D eigenvalue weighted by molar-refractivity contribution is 0.410. The lowest BCUT2D eigenvalue weighted by atomic mass is 9.96. The Morgan fingerprint density at radius 2 is 2.10 bits per heavy atom. The summed E-state index contributed by atoms with van der Waals surface area (Å²) in [5, 5.41) is 3.34. The summed E-state index contributed by atoms with van der Waals surface area (Å²) in [5.74, 6) is 5.92. The summed E-state index contributed by atoms with van der Waals surface area (Å²) in [6.07, 6.45) is 6.89. The summed E-state index contributed by atoms with van der Waals surface area (Å²) in [7, 11) is 0. The topological polar surface area (TPSA) is 62.4 Å². The van der Waals surface area contributed by atoms with E-state index in [1.807, 2.05) is 6.07 Å². The molecule has 1 saturated carbocycles. The summed E-state index contributed by atoms with van der Waals surface area (Å²) in [5.41, 5.74) is 3.56. The highest BCUT2D eigenvalue weighted by molar-refractivity contribution is 5.79. The zero-order chi connectivity index (χ0) is 14.2. The summed E-state index contributed by atoms with van der Waals surface area (Å²) < 4.78 is 13.0. The monoisotopic (exact) mass is 278 g/mol. The van der Waals surface area contributed by atoms with E-state index in [4.69, 9.17) is 5.84 Å². The van der Waals surface area contributed by atoms with Crippen molar-refractivity contribution >= 4 is 5.96 Å². The summed E-state index contributed by atoms with van der Waals surface area (Å²) in [6.45, 7) is 0.586. The van der Waals surface area contributed by atoms with Crippen LogP contribution in [-0.2, 0) is 6.42 Å². The Bertz CT molecular complexity index is 441. The van der Waals surface area contributed by atoms with E-state index in [0.29, 0.717) is 25.0 Å². The second-order valence-corrected chi connectivity index (χ2v) is 5.23. The zero-order valence-corrected chi connectivity index (χ0v) is 11.7. The van der Waals surface area contributed by atoms with Gasteiger partial charge >= 0.3 is 0 Å². The Labute approximate surface area is 119 Å². The van der Waals surface area contributed by atoms with Crippen LogP contribution >= 0.6 is 0 Å². The summed E-state index contributed by atoms with van der Waals surface area (Å²) >= 11 is 0. The van der Waals surface area contributed by atoms with Crippen LogP contribution in [0.3, 0.4) is 0 Å². The molecule has 20 heavy (non-hydrogen) atoms. The molecule has 0 spiro atoms. The number of hydrogen-bond donors (Lipinski definition) is 3. The first-order chi connectivity index (χ1) is 9.78. The molecule has 5 heteroatoms. The van der Waals surface area contributed by atoms with E-state index in [-0.39, 0.29) is 5.82 Å². The molecule has 1 aromatic rings. The molecule has 0 unspecified atom stereocenters. The molecule has 1 aromatic carbocycles. The highest BCUT2D eigenvalue weighted by Crippen LogP contribution is 2.17. The molecule has 1 aliphatic rings. The maximum Gasteiger partial charge on any atom is 0.205 e. The molecule has 0 bridgehead atoms. The first-order valence-corrected chi connectivity index (χ1v) is 7.30. The van der Waals surface area contributed by atoms with Crippen LogP contribution in [-0.4, -0.2) is 18.5 Å². The molecule has 0 radical (unpaired) electrons. The average Bonchev–Trinajstić information content (AvgIpc) is 2.47. The molecular weight excluding hydrogens is 255 g/mol. The average molecular weight is 278 g/mol. The first kappa shape index (κ1) is 14.8. The van der Waals surface area contributed by atoms with Gasteiger partial charge in [0, 0.05) is 12.6 Å². The fourth-order valence-electron chi connectivity index (χ4n) is 2.56. The van der Waals surface area contributed by atoms with Gasteiger partial charge in [0.25, 0.3) is 0 Å². The van der Waals surface area contributed by atoms with Crippen molar-refractivity contribution in [2.45, 2.75) is 44.6 Å². The number of nitrogens with zero attached hydrogens (tertiary/aromatic N) is 1. The van der Waals surface area contributed by atoms with Crippen molar-refractivity contribution in [3.8, 4) is 0 Å². The van der Waals surface area contributed by atoms with E-state index in [2.05, 4.69) is 15.7 Å². The highest BCUT2D eigenvalue weighted by Gasteiger charge is 2.13. The maximum absolute atomic E-state index is 13.0. The van der Waals surface area contributed by atoms with E-state index < -0.39 is 0 Å². The molecular formula is C15H23FN4. The van der Waals surface area contributed by atoms with Gasteiger partial charge in [-0.3, -0.25) is 10.4 Å². The van der Waals surface area contributed by atoms with Crippen LogP contribution in [0.1, 0.15) is 37.7 Å². The van der Waals surface area contributed by atoms with Crippen LogP contribution in [0.4, 0.5) is 4.39 Å². The number of benzene rings is 1. The quantitative estimate of drug-likeness (QED) is 0.342. The van der Waals surface area contributed by atoms with Crippen LogP contribution in [0.2, 0.25) is 0 Å².